The summed E-state index contributed by atoms with van der Waals surface area (Å²) in [7, 11) is 0. The molecule has 4 rings (SSSR count). The molecule has 0 aromatic carbocycles. The average Bonchev–Trinajstić information content (AvgIpc) is 3.53. The zero-order valence-corrected chi connectivity index (χ0v) is 31.5. The first-order valence-corrected chi connectivity index (χ1v) is 19.2. The van der Waals surface area contributed by atoms with E-state index in [1.54, 1.807) is 17.5 Å². The third-order valence-electron chi connectivity index (χ3n) is 10.7. The van der Waals surface area contributed by atoms with Crippen LogP contribution in [0.15, 0.2) is 30.2 Å². The van der Waals surface area contributed by atoms with Gasteiger partial charge in [-0.15, -0.1) is 24.3 Å². The number of hydrogen-bond donors (Lipinski definition) is 4. The molecule has 0 radical (unpaired) electrons. The van der Waals surface area contributed by atoms with Crippen LogP contribution in [0.5, 0.6) is 0 Å². The van der Waals surface area contributed by atoms with Crippen LogP contribution in [-0.2, 0) is 24.0 Å². The standard InChI is InChI=1S/C39H55N5O6S/c1-8-20-40-35(48)30(45)27(23-25-15-16-25)41-34(47)29-26(24(3)4)17-21-44(29)37(50)32(38(5,6)7)43-36(49)31(39(9-2)18-11-10-12-19-39)42-33(46)28-14-13-22-51-28/h2,8,13-14,22,24-27,29,31-32H,1,10-12,15-21,23H2,3-7H3,(H,40,48)(H,41,47)(H,42,46)(H,43,49)/t26-,27?,29+,31-,32-/m1/s1. The molecule has 1 aliphatic heterocycles. The van der Waals surface area contributed by atoms with E-state index in [9.17, 15) is 28.8 Å². The number of rotatable bonds is 15. The number of Topliss-reactive ketones (excluding diaryl/α,β-unsaturated/α-hetero) is 1. The quantitative estimate of drug-likeness (QED) is 0.122. The highest BCUT2D eigenvalue weighted by Crippen LogP contribution is 2.40. The molecule has 0 spiro atoms. The molecule has 1 aromatic heterocycles. The molecule has 1 unspecified atom stereocenters. The maximum absolute atomic E-state index is 14.7. The van der Waals surface area contributed by atoms with Gasteiger partial charge in [-0.3, -0.25) is 28.8 Å². The Morgan fingerprint density at radius 2 is 1.75 bits per heavy atom. The largest absolute Gasteiger partial charge is 0.346 e. The van der Waals surface area contributed by atoms with Crippen molar-refractivity contribution in [1.82, 2.24) is 26.2 Å². The van der Waals surface area contributed by atoms with Crippen LogP contribution in [0, 0.1) is 40.9 Å². The lowest BCUT2D eigenvalue weighted by Crippen LogP contribution is -2.64. The van der Waals surface area contributed by atoms with Gasteiger partial charge in [0.15, 0.2) is 0 Å². The molecule has 278 valence electrons. The van der Waals surface area contributed by atoms with Gasteiger partial charge in [-0.2, -0.15) is 0 Å². The molecule has 2 aliphatic carbocycles. The van der Waals surface area contributed by atoms with Crippen molar-refractivity contribution in [3.63, 3.8) is 0 Å². The van der Waals surface area contributed by atoms with E-state index in [0.717, 1.165) is 32.1 Å². The van der Waals surface area contributed by atoms with Crippen LogP contribution in [-0.4, -0.2) is 77.5 Å². The molecule has 4 N–H and O–H groups in total. The maximum atomic E-state index is 14.7. The Kier molecular flexibility index (Phi) is 13.3. The van der Waals surface area contributed by atoms with E-state index in [-0.39, 0.29) is 30.8 Å². The summed E-state index contributed by atoms with van der Waals surface area (Å²) in [5.74, 6) is -0.504. The first kappa shape index (κ1) is 39.8. The van der Waals surface area contributed by atoms with Gasteiger partial charge in [-0.25, -0.2) is 0 Å². The van der Waals surface area contributed by atoms with Crippen LogP contribution >= 0.6 is 11.3 Å². The molecule has 1 saturated heterocycles. The number of thiophene rings is 1. The minimum absolute atomic E-state index is 0.0216. The molecular formula is C39H55N5O6S. The predicted octanol–water partition coefficient (Wildman–Crippen LogP) is 3.99. The van der Waals surface area contributed by atoms with E-state index >= 15 is 0 Å². The Morgan fingerprint density at radius 3 is 2.29 bits per heavy atom. The van der Waals surface area contributed by atoms with Gasteiger partial charge in [-0.05, 0) is 60.3 Å². The van der Waals surface area contributed by atoms with E-state index in [0.29, 0.717) is 30.6 Å². The van der Waals surface area contributed by atoms with Crippen molar-refractivity contribution < 1.29 is 28.8 Å². The molecule has 12 heteroatoms. The number of nitrogens with one attached hydrogen (secondary N) is 4. The van der Waals surface area contributed by atoms with E-state index in [1.807, 2.05) is 34.6 Å². The predicted molar refractivity (Wildman–Crippen MR) is 197 cm³/mol. The Labute approximate surface area is 306 Å². The van der Waals surface area contributed by atoms with Crippen molar-refractivity contribution in [3.05, 3.63) is 35.0 Å². The molecule has 51 heavy (non-hydrogen) atoms. The fraction of sp³-hybridized carbons (Fsp3) is 0.641. The molecule has 5 atom stereocenters. The van der Waals surface area contributed by atoms with E-state index in [4.69, 9.17) is 6.42 Å². The zero-order chi connectivity index (χ0) is 37.5. The molecule has 3 aliphatic rings. The summed E-state index contributed by atoms with van der Waals surface area (Å²) in [5.41, 5.74) is -1.73. The second kappa shape index (κ2) is 17.0. The first-order chi connectivity index (χ1) is 24.1. The van der Waals surface area contributed by atoms with E-state index < -0.39 is 70.3 Å². The SMILES string of the molecule is C#CC1([C@H](NC(=O)c2cccs2)C(=O)N[C@H](C(=O)N2CC[C@H](C(C)C)[C@H]2C(=O)NC(CC2CC2)C(=O)C(=O)NCC=C)C(C)(C)C)CCCCC1. The van der Waals surface area contributed by atoms with E-state index in [2.05, 4.69) is 33.8 Å². The van der Waals surface area contributed by atoms with Crippen molar-refractivity contribution in [2.75, 3.05) is 13.1 Å². The van der Waals surface area contributed by atoms with Gasteiger partial charge in [0.25, 0.3) is 11.8 Å². The molecule has 2 heterocycles. The van der Waals surface area contributed by atoms with Crippen molar-refractivity contribution in [3.8, 4) is 12.3 Å². The minimum Gasteiger partial charge on any atom is -0.346 e. The van der Waals surface area contributed by atoms with Gasteiger partial charge in [0.1, 0.15) is 18.1 Å². The third-order valence-corrected chi connectivity index (χ3v) is 11.5. The number of ketones is 1. The Bertz CT molecular complexity index is 1500. The van der Waals surface area contributed by atoms with Crippen LogP contribution in [0.1, 0.15) is 102 Å². The van der Waals surface area contributed by atoms with Crippen LogP contribution in [0.3, 0.4) is 0 Å². The summed E-state index contributed by atoms with van der Waals surface area (Å²) in [6.07, 6.45) is 14.0. The van der Waals surface area contributed by atoms with Gasteiger partial charge in [0.05, 0.1) is 16.3 Å². The summed E-state index contributed by atoms with van der Waals surface area (Å²) in [5, 5.41) is 13.1. The minimum atomic E-state index is -1.09. The average molecular weight is 722 g/mol. The van der Waals surface area contributed by atoms with Crippen molar-refractivity contribution in [2.24, 2.45) is 28.6 Å². The Hall–Kier alpha value is -3.98. The van der Waals surface area contributed by atoms with Gasteiger partial charge in [0.2, 0.25) is 23.5 Å². The van der Waals surface area contributed by atoms with Crippen molar-refractivity contribution in [2.45, 2.75) is 117 Å². The first-order valence-electron chi connectivity index (χ1n) is 18.3. The van der Waals surface area contributed by atoms with Crippen molar-refractivity contribution >= 4 is 46.7 Å². The lowest BCUT2D eigenvalue weighted by Gasteiger charge is -2.41. The fourth-order valence-electron chi connectivity index (χ4n) is 7.49. The number of amides is 5. The maximum Gasteiger partial charge on any atom is 0.289 e. The summed E-state index contributed by atoms with van der Waals surface area (Å²) >= 11 is 1.26. The molecular weight excluding hydrogens is 667 g/mol. The Morgan fingerprint density at radius 1 is 1.06 bits per heavy atom. The monoisotopic (exact) mass is 721 g/mol. The molecule has 11 nitrogen and oxygen atoms in total. The number of nitrogens with zero attached hydrogens (tertiary/aromatic N) is 1. The molecule has 2 saturated carbocycles. The molecule has 0 bridgehead atoms. The molecule has 5 amide bonds. The zero-order valence-electron chi connectivity index (χ0n) is 30.7. The highest BCUT2D eigenvalue weighted by atomic mass is 32.1. The highest BCUT2D eigenvalue weighted by Gasteiger charge is 2.50. The van der Waals surface area contributed by atoms with Crippen LogP contribution in [0.4, 0.5) is 0 Å². The smallest absolute Gasteiger partial charge is 0.289 e. The van der Waals surface area contributed by atoms with E-state index in [1.165, 1.54) is 22.3 Å². The van der Waals surface area contributed by atoms with Crippen LogP contribution in [0.25, 0.3) is 0 Å². The number of hydrogen-bond acceptors (Lipinski definition) is 7. The number of terminal acetylenes is 1. The molecule has 3 fully saturated rings. The summed E-state index contributed by atoms with van der Waals surface area (Å²) < 4.78 is 0. The van der Waals surface area contributed by atoms with Gasteiger partial charge >= 0.3 is 0 Å². The number of likely N-dealkylation sites (tertiary alicyclic amines) is 1. The fourth-order valence-corrected chi connectivity index (χ4v) is 8.11. The van der Waals surface area contributed by atoms with Gasteiger partial charge < -0.3 is 26.2 Å². The topological polar surface area (TPSA) is 154 Å². The second-order valence-corrected chi connectivity index (χ2v) is 16.8. The Balaban J connectivity index is 1.62. The summed E-state index contributed by atoms with van der Waals surface area (Å²) in [6, 6.07) is -0.664. The van der Waals surface area contributed by atoms with Crippen molar-refractivity contribution in [1.29, 1.82) is 0 Å². The van der Waals surface area contributed by atoms with Gasteiger partial charge in [-0.1, -0.05) is 84.8 Å². The van der Waals surface area contributed by atoms with Gasteiger partial charge in [0, 0.05) is 13.1 Å². The highest BCUT2D eigenvalue weighted by molar-refractivity contribution is 7.12. The summed E-state index contributed by atoms with van der Waals surface area (Å²) in [6.45, 7) is 13.5. The lowest BCUT2D eigenvalue weighted by molar-refractivity contribution is -0.146. The number of carbonyl (C=O) groups excluding carboxylic acids is 6. The number of carbonyl (C=O) groups is 6. The third kappa shape index (κ3) is 9.67. The molecule has 1 aromatic rings. The normalized spacial score (nSPS) is 21.8. The second-order valence-electron chi connectivity index (χ2n) is 15.8. The lowest BCUT2D eigenvalue weighted by atomic mass is 9.69. The summed E-state index contributed by atoms with van der Waals surface area (Å²) in [4.78, 5) is 84.4. The van der Waals surface area contributed by atoms with Crippen LogP contribution < -0.4 is 21.3 Å². The van der Waals surface area contributed by atoms with Crippen LogP contribution in [0.2, 0.25) is 0 Å².